The van der Waals surface area contributed by atoms with Crippen LogP contribution in [-0.4, -0.2) is 22.7 Å². The van der Waals surface area contributed by atoms with Crippen LogP contribution in [0.3, 0.4) is 0 Å². The van der Waals surface area contributed by atoms with Gasteiger partial charge < -0.3 is 9.30 Å². The normalized spacial score (nSPS) is 10.9. The quantitative estimate of drug-likeness (QED) is 0.152. The Labute approximate surface area is 206 Å². The Kier molecular flexibility index (Phi) is 7.04. The number of hydrogen-bond acceptors (Lipinski definition) is 4. The lowest BCUT2D eigenvalue weighted by atomic mass is 10.2. The van der Waals surface area contributed by atoms with Crippen molar-refractivity contribution < 1.29 is 14.3 Å². The molecule has 4 rings (SSSR count). The number of carbonyl (C=O) groups excluding carboxylic acids is 2. The second kappa shape index (κ2) is 10.3. The van der Waals surface area contributed by atoms with Crippen molar-refractivity contribution in [2.75, 3.05) is 0 Å². The van der Waals surface area contributed by atoms with Crippen LogP contribution in [0.2, 0.25) is 0 Å². The summed E-state index contributed by atoms with van der Waals surface area (Å²) < 4.78 is 8.39. The number of halogens is 1. The first-order valence-corrected chi connectivity index (χ1v) is 11.4. The Hall–Kier alpha value is -3.97. The van der Waals surface area contributed by atoms with Crippen molar-refractivity contribution >= 4 is 34.0 Å². The lowest BCUT2D eigenvalue weighted by molar-refractivity contribution is 0.0734. The lowest BCUT2D eigenvalue weighted by Gasteiger charge is -2.10. The Morgan fingerprint density at radius 2 is 1.41 bits per heavy atom. The molecule has 34 heavy (non-hydrogen) atoms. The van der Waals surface area contributed by atoms with E-state index in [0.717, 1.165) is 27.1 Å². The zero-order valence-corrected chi connectivity index (χ0v) is 20.2. The SMILES string of the molecule is Cc1ccc(C)n1-c1ccc(C(=O)N/N=C/c2ccc(OC(=O)c3ccc(Br)cc3)cc2)cc1. The van der Waals surface area contributed by atoms with Gasteiger partial charge in [0.15, 0.2) is 0 Å². The molecule has 0 unspecified atom stereocenters. The van der Waals surface area contributed by atoms with Gasteiger partial charge >= 0.3 is 5.97 Å². The number of hydrogen-bond donors (Lipinski definition) is 1. The number of carbonyl (C=O) groups is 2. The van der Waals surface area contributed by atoms with Crippen LogP contribution in [-0.2, 0) is 0 Å². The standard InChI is InChI=1S/C27H22BrN3O3/c1-18-3-4-19(2)31(18)24-13-9-21(10-14-24)26(32)30-29-17-20-5-15-25(16-6-20)34-27(33)22-7-11-23(28)12-8-22/h3-17H,1-2H3,(H,30,32)/b29-17+. The minimum atomic E-state index is -0.436. The van der Waals surface area contributed by atoms with Gasteiger partial charge in [0.2, 0.25) is 0 Å². The smallest absolute Gasteiger partial charge is 0.343 e. The monoisotopic (exact) mass is 515 g/mol. The number of amides is 1. The maximum Gasteiger partial charge on any atom is 0.343 e. The van der Waals surface area contributed by atoms with E-state index in [4.69, 9.17) is 4.74 Å². The number of rotatable bonds is 6. The largest absolute Gasteiger partial charge is 0.423 e. The average molecular weight is 516 g/mol. The number of aryl methyl sites for hydroxylation is 2. The van der Waals surface area contributed by atoms with Crippen LogP contribution in [0.25, 0.3) is 5.69 Å². The van der Waals surface area contributed by atoms with E-state index in [9.17, 15) is 9.59 Å². The number of ether oxygens (including phenoxy) is 1. The van der Waals surface area contributed by atoms with E-state index in [-0.39, 0.29) is 5.91 Å². The Bertz CT molecular complexity index is 1320. The van der Waals surface area contributed by atoms with Crippen molar-refractivity contribution in [2.24, 2.45) is 5.10 Å². The summed E-state index contributed by atoms with van der Waals surface area (Å²) in [5, 5.41) is 4.02. The molecule has 4 aromatic rings. The minimum absolute atomic E-state index is 0.302. The highest BCUT2D eigenvalue weighted by Crippen LogP contribution is 2.17. The van der Waals surface area contributed by atoms with E-state index >= 15 is 0 Å². The first kappa shape index (κ1) is 23.2. The van der Waals surface area contributed by atoms with Gasteiger partial charge in [-0.15, -0.1) is 0 Å². The molecule has 6 nitrogen and oxygen atoms in total. The van der Waals surface area contributed by atoms with Crippen LogP contribution >= 0.6 is 15.9 Å². The van der Waals surface area contributed by atoms with Crippen LogP contribution < -0.4 is 10.2 Å². The van der Waals surface area contributed by atoms with E-state index in [0.29, 0.717) is 16.9 Å². The number of hydrazone groups is 1. The van der Waals surface area contributed by atoms with Gasteiger partial charge in [0.1, 0.15) is 5.75 Å². The lowest BCUT2D eigenvalue weighted by Crippen LogP contribution is -2.17. The molecule has 1 heterocycles. The summed E-state index contributed by atoms with van der Waals surface area (Å²) in [6, 6.07) is 25.2. The summed E-state index contributed by atoms with van der Waals surface area (Å²) in [5.74, 6) is -0.319. The van der Waals surface area contributed by atoms with Gasteiger partial charge in [0.25, 0.3) is 5.91 Å². The number of benzene rings is 3. The van der Waals surface area contributed by atoms with Crippen LogP contribution in [0.15, 0.2) is 94.5 Å². The van der Waals surface area contributed by atoms with E-state index < -0.39 is 5.97 Å². The van der Waals surface area contributed by atoms with Crippen molar-refractivity contribution in [2.45, 2.75) is 13.8 Å². The molecule has 1 N–H and O–H groups in total. The van der Waals surface area contributed by atoms with Gasteiger partial charge in [-0.1, -0.05) is 15.9 Å². The first-order chi connectivity index (χ1) is 16.4. The molecule has 1 amide bonds. The minimum Gasteiger partial charge on any atom is -0.423 e. The Balaban J connectivity index is 1.33. The van der Waals surface area contributed by atoms with Crippen LogP contribution in [0.4, 0.5) is 0 Å². The van der Waals surface area contributed by atoms with Gasteiger partial charge in [-0.05, 0) is 104 Å². The topological polar surface area (TPSA) is 72.7 Å². The van der Waals surface area contributed by atoms with Gasteiger partial charge in [0.05, 0.1) is 11.8 Å². The molecule has 7 heteroatoms. The third-order valence-electron chi connectivity index (χ3n) is 5.21. The third-order valence-corrected chi connectivity index (χ3v) is 5.74. The third kappa shape index (κ3) is 5.50. The zero-order chi connectivity index (χ0) is 24.1. The number of nitrogens with zero attached hydrogens (tertiary/aromatic N) is 2. The molecule has 1 aromatic heterocycles. The summed E-state index contributed by atoms with van der Waals surface area (Å²) in [4.78, 5) is 24.6. The molecule has 0 spiro atoms. The highest BCUT2D eigenvalue weighted by molar-refractivity contribution is 9.10. The van der Waals surface area contributed by atoms with Gasteiger partial charge in [-0.25, -0.2) is 10.2 Å². The fourth-order valence-corrected chi connectivity index (χ4v) is 3.71. The molecule has 0 radical (unpaired) electrons. The predicted molar refractivity (Wildman–Crippen MR) is 136 cm³/mol. The number of esters is 1. The molecule has 0 saturated heterocycles. The molecule has 0 saturated carbocycles. The number of nitrogens with one attached hydrogen (secondary N) is 1. The molecule has 3 aromatic carbocycles. The molecule has 0 fully saturated rings. The van der Waals surface area contributed by atoms with Crippen LogP contribution in [0.1, 0.15) is 37.7 Å². The summed E-state index contributed by atoms with van der Waals surface area (Å²) in [6.07, 6.45) is 1.53. The molecule has 0 aliphatic heterocycles. The first-order valence-electron chi connectivity index (χ1n) is 10.6. The van der Waals surface area contributed by atoms with E-state index in [1.807, 2.05) is 26.0 Å². The van der Waals surface area contributed by atoms with E-state index in [2.05, 4.69) is 43.2 Å². The molecule has 0 aliphatic rings. The van der Waals surface area contributed by atoms with Crippen molar-refractivity contribution in [1.29, 1.82) is 0 Å². The molecular weight excluding hydrogens is 494 g/mol. The summed E-state index contributed by atoms with van der Waals surface area (Å²) in [7, 11) is 0. The predicted octanol–water partition coefficient (Wildman–Crippen LogP) is 5.84. The van der Waals surface area contributed by atoms with Crippen molar-refractivity contribution in [3.63, 3.8) is 0 Å². The second-order valence-electron chi connectivity index (χ2n) is 7.66. The van der Waals surface area contributed by atoms with Crippen molar-refractivity contribution in [1.82, 2.24) is 9.99 Å². The highest BCUT2D eigenvalue weighted by Gasteiger charge is 2.09. The summed E-state index contributed by atoms with van der Waals surface area (Å²) in [6.45, 7) is 4.09. The zero-order valence-electron chi connectivity index (χ0n) is 18.7. The van der Waals surface area contributed by atoms with Gasteiger partial charge in [-0.2, -0.15) is 5.10 Å². The van der Waals surface area contributed by atoms with E-state index in [1.54, 1.807) is 60.7 Å². The molecular formula is C27H22BrN3O3. The van der Waals surface area contributed by atoms with Crippen LogP contribution in [0.5, 0.6) is 5.75 Å². The van der Waals surface area contributed by atoms with E-state index in [1.165, 1.54) is 6.21 Å². The van der Waals surface area contributed by atoms with Crippen LogP contribution in [0, 0.1) is 13.8 Å². The molecule has 0 bridgehead atoms. The Morgan fingerprint density at radius 3 is 2.03 bits per heavy atom. The summed E-state index contributed by atoms with van der Waals surface area (Å²) >= 11 is 3.34. The average Bonchev–Trinajstić information content (AvgIpc) is 3.18. The maximum absolute atomic E-state index is 12.4. The fraction of sp³-hybridized carbons (Fsp3) is 0.0741. The summed E-state index contributed by atoms with van der Waals surface area (Å²) in [5.41, 5.74) is 7.52. The number of aromatic nitrogens is 1. The van der Waals surface area contributed by atoms with Crippen molar-refractivity contribution in [3.8, 4) is 11.4 Å². The highest BCUT2D eigenvalue weighted by atomic mass is 79.9. The van der Waals surface area contributed by atoms with Gasteiger partial charge in [-0.3, -0.25) is 4.79 Å². The molecule has 170 valence electrons. The Morgan fingerprint density at radius 1 is 0.824 bits per heavy atom. The molecule has 0 aliphatic carbocycles. The maximum atomic E-state index is 12.4. The van der Waals surface area contributed by atoms with Gasteiger partial charge in [0, 0.05) is 27.1 Å². The van der Waals surface area contributed by atoms with Crippen molar-refractivity contribution in [3.05, 3.63) is 117 Å². The molecule has 0 atom stereocenters. The second-order valence-corrected chi connectivity index (χ2v) is 8.58. The fourth-order valence-electron chi connectivity index (χ4n) is 3.44.